The van der Waals surface area contributed by atoms with Crippen LogP contribution in [0.25, 0.3) is 11.1 Å². The normalized spacial score (nSPS) is 13.3. The molecule has 1 aliphatic rings. The number of amides is 1. The summed E-state index contributed by atoms with van der Waals surface area (Å²) in [7, 11) is 1.53. The maximum atomic E-state index is 12.1. The lowest BCUT2D eigenvalue weighted by molar-refractivity contribution is -0.122. The van der Waals surface area contributed by atoms with Crippen LogP contribution in [0.2, 0.25) is 0 Å². The minimum absolute atomic E-state index is 0.0322. The molecule has 0 fully saturated rings. The third kappa shape index (κ3) is 2.61. The van der Waals surface area contributed by atoms with Crippen LogP contribution in [0.5, 0.6) is 0 Å². The molecular formula is C18H17N3O3. The van der Waals surface area contributed by atoms with Gasteiger partial charge in [0.15, 0.2) is 5.58 Å². The molecule has 0 radical (unpaired) electrons. The van der Waals surface area contributed by atoms with E-state index in [1.807, 2.05) is 42.5 Å². The lowest BCUT2D eigenvalue weighted by atomic mass is 10.1. The number of nitrogens with zero attached hydrogens (tertiary/aromatic N) is 2. The number of methoxy groups -OCH3 is 1. The van der Waals surface area contributed by atoms with Crippen molar-refractivity contribution in [2.24, 2.45) is 0 Å². The number of hydrogen-bond acceptors (Lipinski definition) is 5. The molecule has 0 spiro atoms. The molecule has 0 saturated carbocycles. The Morgan fingerprint density at radius 2 is 2.21 bits per heavy atom. The highest BCUT2D eigenvalue weighted by Crippen LogP contribution is 2.32. The van der Waals surface area contributed by atoms with E-state index < -0.39 is 0 Å². The Bertz CT molecular complexity index is 870. The first-order valence-corrected chi connectivity index (χ1v) is 7.79. The van der Waals surface area contributed by atoms with Gasteiger partial charge in [0.2, 0.25) is 0 Å². The van der Waals surface area contributed by atoms with Crippen LogP contribution in [0, 0.1) is 0 Å². The fraction of sp³-hybridized carbons (Fsp3) is 0.222. The molecule has 122 valence electrons. The number of rotatable bonds is 4. The number of carbonyl (C=O) groups is 1. The quantitative estimate of drug-likeness (QED) is 0.799. The first-order chi connectivity index (χ1) is 11.7. The van der Waals surface area contributed by atoms with Gasteiger partial charge in [-0.2, -0.15) is 4.98 Å². The lowest BCUT2D eigenvalue weighted by Crippen LogP contribution is -2.32. The van der Waals surface area contributed by atoms with Crippen molar-refractivity contribution in [3.63, 3.8) is 0 Å². The zero-order valence-electron chi connectivity index (χ0n) is 13.3. The van der Waals surface area contributed by atoms with E-state index in [0.717, 1.165) is 34.5 Å². The largest absolute Gasteiger partial charge is 0.423 e. The summed E-state index contributed by atoms with van der Waals surface area (Å²) >= 11 is 0. The van der Waals surface area contributed by atoms with Crippen molar-refractivity contribution in [3.8, 4) is 0 Å². The third-order valence-electron chi connectivity index (χ3n) is 4.09. The molecule has 4 rings (SSSR count). The number of oxazole rings is 1. The minimum atomic E-state index is -0.0322. The summed E-state index contributed by atoms with van der Waals surface area (Å²) < 4.78 is 10.6. The van der Waals surface area contributed by atoms with Gasteiger partial charge in [0, 0.05) is 25.0 Å². The highest BCUT2D eigenvalue weighted by atomic mass is 16.5. The van der Waals surface area contributed by atoms with Gasteiger partial charge in [-0.05, 0) is 36.2 Å². The number of fused-ring (bicyclic) bond motifs is 2. The van der Waals surface area contributed by atoms with Crippen molar-refractivity contribution in [2.45, 2.75) is 6.42 Å². The maximum absolute atomic E-state index is 12.1. The van der Waals surface area contributed by atoms with E-state index in [1.54, 1.807) is 4.90 Å². The lowest BCUT2D eigenvalue weighted by Gasteiger charge is -2.17. The van der Waals surface area contributed by atoms with E-state index in [4.69, 9.17) is 9.15 Å². The number of hydrogen-bond donors (Lipinski definition) is 1. The van der Waals surface area contributed by atoms with Crippen LogP contribution in [0.1, 0.15) is 5.56 Å². The number of anilines is 3. The summed E-state index contributed by atoms with van der Waals surface area (Å²) in [5, 5.41) is 3.17. The second-order valence-electron chi connectivity index (χ2n) is 5.68. The fourth-order valence-corrected chi connectivity index (χ4v) is 2.97. The third-order valence-corrected chi connectivity index (χ3v) is 4.09. The van der Waals surface area contributed by atoms with Crippen LogP contribution in [-0.4, -0.2) is 31.2 Å². The van der Waals surface area contributed by atoms with E-state index in [2.05, 4.69) is 10.3 Å². The van der Waals surface area contributed by atoms with Crippen molar-refractivity contribution in [2.75, 3.05) is 30.5 Å². The van der Waals surface area contributed by atoms with Crippen LogP contribution in [0.4, 0.5) is 17.4 Å². The fourth-order valence-electron chi connectivity index (χ4n) is 2.97. The molecule has 0 bridgehead atoms. The average Bonchev–Trinajstić information content (AvgIpc) is 3.17. The molecule has 1 N–H and O–H groups in total. The Hall–Kier alpha value is -2.86. The maximum Gasteiger partial charge on any atom is 0.300 e. The van der Waals surface area contributed by atoms with E-state index in [1.165, 1.54) is 7.11 Å². The van der Waals surface area contributed by atoms with Gasteiger partial charge in [0.25, 0.3) is 11.9 Å². The van der Waals surface area contributed by atoms with Crippen molar-refractivity contribution in [1.82, 2.24) is 4.98 Å². The second kappa shape index (κ2) is 5.98. The molecule has 6 nitrogen and oxygen atoms in total. The molecule has 24 heavy (non-hydrogen) atoms. The first-order valence-electron chi connectivity index (χ1n) is 7.79. The van der Waals surface area contributed by atoms with Crippen molar-refractivity contribution >= 4 is 34.4 Å². The Morgan fingerprint density at radius 1 is 1.33 bits per heavy atom. The van der Waals surface area contributed by atoms with Gasteiger partial charge in [0.1, 0.15) is 12.1 Å². The number of aromatic nitrogens is 1. The summed E-state index contributed by atoms with van der Waals surface area (Å²) in [4.78, 5) is 18.3. The number of nitrogens with one attached hydrogen (secondary N) is 1. The highest BCUT2D eigenvalue weighted by Gasteiger charge is 2.24. The van der Waals surface area contributed by atoms with E-state index in [9.17, 15) is 4.79 Å². The summed E-state index contributed by atoms with van der Waals surface area (Å²) in [5.74, 6) is -0.0322. The molecule has 2 heterocycles. The van der Waals surface area contributed by atoms with Gasteiger partial charge in [-0.3, -0.25) is 4.79 Å². The molecule has 1 aliphatic heterocycles. The Kier molecular flexibility index (Phi) is 3.66. The van der Waals surface area contributed by atoms with Crippen LogP contribution >= 0.6 is 0 Å². The molecule has 0 unspecified atom stereocenters. The molecule has 0 atom stereocenters. The van der Waals surface area contributed by atoms with Gasteiger partial charge >= 0.3 is 0 Å². The molecule has 3 aromatic rings. The summed E-state index contributed by atoms with van der Waals surface area (Å²) in [6.07, 6.45) is 0.855. The van der Waals surface area contributed by atoms with Crippen molar-refractivity contribution < 1.29 is 13.9 Å². The van der Waals surface area contributed by atoms with Gasteiger partial charge in [0.05, 0.1) is 0 Å². The molecule has 1 aromatic heterocycles. The SMILES string of the molecule is COCC(=O)N1CCc2ccc(Nc3nc4ccccc4o3)cc21. The van der Waals surface area contributed by atoms with Crippen LogP contribution < -0.4 is 10.2 Å². The zero-order chi connectivity index (χ0) is 16.5. The van der Waals surface area contributed by atoms with E-state index in [0.29, 0.717) is 12.6 Å². The molecule has 0 saturated heterocycles. The van der Waals surface area contributed by atoms with E-state index >= 15 is 0 Å². The Morgan fingerprint density at radius 3 is 3.04 bits per heavy atom. The standard InChI is InChI=1S/C18H17N3O3/c1-23-11-17(22)21-9-8-12-6-7-13(10-15(12)21)19-18-20-14-4-2-3-5-16(14)24-18/h2-7,10H,8-9,11H2,1H3,(H,19,20). The van der Waals surface area contributed by atoms with Crippen LogP contribution in [-0.2, 0) is 16.0 Å². The Balaban J connectivity index is 1.61. The first kappa shape index (κ1) is 14.7. The van der Waals surface area contributed by atoms with Crippen LogP contribution in [0.15, 0.2) is 46.9 Å². The zero-order valence-corrected chi connectivity index (χ0v) is 13.3. The molecule has 2 aromatic carbocycles. The summed E-state index contributed by atoms with van der Waals surface area (Å²) in [5.41, 5.74) is 4.44. The Labute approximate surface area is 139 Å². The molecule has 0 aliphatic carbocycles. The second-order valence-corrected chi connectivity index (χ2v) is 5.68. The van der Waals surface area contributed by atoms with Gasteiger partial charge in [-0.1, -0.05) is 18.2 Å². The van der Waals surface area contributed by atoms with Gasteiger partial charge in [-0.15, -0.1) is 0 Å². The minimum Gasteiger partial charge on any atom is -0.423 e. The van der Waals surface area contributed by atoms with Gasteiger partial charge < -0.3 is 19.4 Å². The van der Waals surface area contributed by atoms with Crippen LogP contribution in [0.3, 0.4) is 0 Å². The monoisotopic (exact) mass is 323 g/mol. The summed E-state index contributed by atoms with van der Waals surface area (Å²) in [6, 6.07) is 14.0. The molecular weight excluding hydrogens is 306 g/mol. The number of para-hydroxylation sites is 2. The smallest absolute Gasteiger partial charge is 0.300 e. The van der Waals surface area contributed by atoms with Crippen molar-refractivity contribution in [3.05, 3.63) is 48.0 Å². The molecule has 1 amide bonds. The predicted molar refractivity (Wildman–Crippen MR) is 91.7 cm³/mol. The average molecular weight is 323 g/mol. The number of benzene rings is 2. The van der Waals surface area contributed by atoms with Crippen molar-refractivity contribution in [1.29, 1.82) is 0 Å². The number of carbonyl (C=O) groups excluding carboxylic acids is 1. The summed E-state index contributed by atoms with van der Waals surface area (Å²) in [6.45, 7) is 0.770. The molecule has 6 heteroatoms. The number of ether oxygens (including phenoxy) is 1. The highest BCUT2D eigenvalue weighted by molar-refractivity contribution is 5.97. The van der Waals surface area contributed by atoms with E-state index in [-0.39, 0.29) is 12.5 Å². The predicted octanol–water partition coefficient (Wildman–Crippen LogP) is 3.11. The van der Waals surface area contributed by atoms with Gasteiger partial charge in [-0.25, -0.2) is 0 Å². The topological polar surface area (TPSA) is 67.6 Å².